The molecule has 0 aliphatic heterocycles. The van der Waals surface area contributed by atoms with Crippen LogP contribution < -0.4 is 4.74 Å². The average molecular weight is 362 g/mol. The molecule has 27 heavy (non-hydrogen) atoms. The zero-order valence-electron chi connectivity index (χ0n) is 15.7. The minimum absolute atomic E-state index is 0.0374. The van der Waals surface area contributed by atoms with Gasteiger partial charge in [-0.3, -0.25) is 0 Å². The maximum atomic E-state index is 12.0. The van der Waals surface area contributed by atoms with Crippen molar-refractivity contribution in [2.24, 2.45) is 0 Å². The van der Waals surface area contributed by atoms with Gasteiger partial charge in [-0.2, -0.15) is 5.26 Å². The monoisotopic (exact) mass is 362 g/mol. The van der Waals surface area contributed by atoms with Crippen molar-refractivity contribution in [3.05, 3.63) is 71.5 Å². The standard InChI is InChI=1S/C22H22N2O3/c1-22(2,3)17-7-9-18(10-8-17)26-15-21(25)27-14-16-13-24-11-5-4-6-20(24)19(16)12-23/h4-11,13H,14-15H2,1-3H3. The van der Waals surface area contributed by atoms with Crippen LogP contribution in [-0.4, -0.2) is 17.0 Å². The molecule has 0 aliphatic rings. The number of aromatic nitrogens is 1. The smallest absolute Gasteiger partial charge is 0.344 e. The van der Waals surface area contributed by atoms with Gasteiger partial charge in [0, 0.05) is 18.0 Å². The van der Waals surface area contributed by atoms with E-state index in [0.717, 1.165) is 5.52 Å². The van der Waals surface area contributed by atoms with Crippen LogP contribution in [0, 0.1) is 11.3 Å². The van der Waals surface area contributed by atoms with E-state index in [1.807, 2.05) is 53.1 Å². The molecule has 0 saturated heterocycles. The third kappa shape index (κ3) is 4.29. The summed E-state index contributed by atoms with van der Waals surface area (Å²) in [4.78, 5) is 12.0. The van der Waals surface area contributed by atoms with Crippen molar-refractivity contribution in [3.63, 3.8) is 0 Å². The first kappa shape index (κ1) is 18.5. The Labute approximate surface area is 158 Å². The number of ether oxygens (including phenoxy) is 2. The lowest BCUT2D eigenvalue weighted by Gasteiger charge is -2.19. The van der Waals surface area contributed by atoms with E-state index in [2.05, 4.69) is 26.8 Å². The Bertz CT molecular complexity index is 989. The van der Waals surface area contributed by atoms with Crippen molar-refractivity contribution < 1.29 is 14.3 Å². The Morgan fingerprint density at radius 2 is 1.89 bits per heavy atom. The van der Waals surface area contributed by atoms with Gasteiger partial charge in [0.2, 0.25) is 0 Å². The average Bonchev–Trinajstić information content (AvgIpc) is 3.01. The van der Waals surface area contributed by atoms with Crippen LogP contribution in [0.4, 0.5) is 0 Å². The van der Waals surface area contributed by atoms with Gasteiger partial charge in [-0.1, -0.05) is 39.0 Å². The Hall–Kier alpha value is -3.26. The fourth-order valence-corrected chi connectivity index (χ4v) is 2.81. The fourth-order valence-electron chi connectivity index (χ4n) is 2.81. The maximum absolute atomic E-state index is 12.0. The summed E-state index contributed by atoms with van der Waals surface area (Å²) in [5, 5.41) is 9.37. The van der Waals surface area contributed by atoms with Crippen LogP contribution in [0.25, 0.3) is 5.52 Å². The molecule has 0 saturated carbocycles. The van der Waals surface area contributed by atoms with E-state index < -0.39 is 5.97 Å². The number of nitriles is 1. The van der Waals surface area contributed by atoms with Gasteiger partial charge in [0.15, 0.2) is 6.61 Å². The molecule has 0 N–H and O–H groups in total. The molecule has 5 heteroatoms. The quantitative estimate of drug-likeness (QED) is 0.637. The van der Waals surface area contributed by atoms with E-state index in [1.54, 1.807) is 6.20 Å². The first-order valence-electron chi connectivity index (χ1n) is 8.76. The van der Waals surface area contributed by atoms with Crippen molar-refractivity contribution >= 4 is 11.5 Å². The number of pyridine rings is 1. The molecule has 0 spiro atoms. The van der Waals surface area contributed by atoms with Crippen LogP contribution >= 0.6 is 0 Å². The Kier molecular flexibility index (Phi) is 5.18. The Morgan fingerprint density at radius 3 is 2.56 bits per heavy atom. The zero-order valence-corrected chi connectivity index (χ0v) is 15.7. The molecule has 0 aliphatic carbocycles. The molecule has 2 aromatic heterocycles. The largest absolute Gasteiger partial charge is 0.482 e. The van der Waals surface area contributed by atoms with Gasteiger partial charge in [-0.25, -0.2) is 4.79 Å². The van der Waals surface area contributed by atoms with Crippen LogP contribution in [0.2, 0.25) is 0 Å². The number of benzene rings is 1. The van der Waals surface area contributed by atoms with Crippen molar-refractivity contribution in [2.45, 2.75) is 32.8 Å². The predicted molar refractivity (Wildman–Crippen MR) is 103 cm³/mol. The summed E-state index contributed by atoms with van der Waals surface area (Å²) >= 11 is 0. The zero-order chi connectivity index (χ0) is 19.4. The predicted octanol–water partition coefficient (Wildman–Crippen LogP) is 4.23. The van der Waals surface area contributed by atoms with E-state index >= 15 is 0 Å². The topological polar surface area (TPSA) is 63.7 Å². The second-order valence-corrected chi connectivity index (χ2v) is 7.36. The normalized spacial score (nSPS) is 11.2. The highest BCUT2D eigenvalue weighted by Crippen LogP contribution is 2.24. The molecule has 0 fully saturated rings. The molecule has 2 heterocycles. The first-order valence-corrected chi connectivity index (χ1v) is 8.76. The number of hydrogen-bond donors (Lipinski definition) is 0. The third-order valence-corrected chi connectivity index (χ3v) is 4.34. The molecule has 1 aromatic carbocycles. The van der Waals surface area contributed by atoms with Gasteiger partial charge in [-0.05, 0) is 35.2 Å². The Balaban J connectivity index is 1.57. The second-order valence-electron chi connectivity index (χ2n) is 7.36. The van der Waals surface area contributed by atoms with Gasteiger partial charge in [-0.15, -0.1) is 0 Å². The van der Waals surface area contributed by atoms with Crippen LogP contribution in [0.1, 0.15) is 37.5 Å². The van der Waals surface area contributed by atoms with Crippen LogP contribution in [0.15, 0.2) is 54.9 Å². The van der Waals surface area contributed by atoms with Gasteiger partial charge < -0.3 is 13.9 Å². The van der Waals surface area contributed by atoms with Crippen molar-refractivity contribution in [1.29, 1.82) is 5.26 Å². The molecule has 5 nitrogen and oxygen atoms in total. The molecule has 0 amide bonds. The highest BCUT2D eigenvalue weighted by molar-refractivity contribution is 5.71. The SMILES string of the molecule is CC(C)(C)c1ccc(OCC(=O)OCc2cn3ccccc3c2C#N)cc1. The molecular formula is C22H22N2O3. The molecule has 0 unspecified atom stereocenters. The fraction of sp³-hybridized carbons (Fsp3) is 0.273. The number of rotatable bonds is 5. The number of fused-ring (bicyclic) bond motifs is 1. The molecule has 0 radical (unpaired) electrons. The van der Waals surface area contributed by atoms with Crippen LogP contribution in [0.3, 0.4) is 0 Å². The molecule has 0 bridgehead atoms. The summed E-state index contributed by atoms with van der Waals surface area (Å²) in [6.07, 6.45) is 3.65. The molecule has 3 aromatic rings. The lowest BCUT2D eigenvalue weighted by atomic mass is 9.87. The highest BCUT2D eigenvalue weighted by Gasteiger charge is 2.14. The summed E-state index contributed by atoms with van der Waals surface area (Å²) < 4.78 is 12.6. The van der Waals surface area contributed by atoms with Crippen molar-refractivity contribution in [2.75, 3.05) is 6.61 Å². The number of hydrogen-bond acceptors (Lipinski definition) is 4. The van der Waals surface area contributed by atoms with E-state index in [4.69, 9.17) is 9.47 Å². The number of carbonyl (C=O) groups is 1. The number of carbonyl (C=O) groups excluding carboxylic acids is 1. The van der Waals surface area contributed by atoms with Gasteiger partial charge in [0.05, 0.1) is 11.1 Å². The summed E-state index contributed by atoms with van der Waals surface area (Å²) in [7, 11) is 0. The summed E-state index contributed by atoms with van der Waals surface area (Å²) in [6.45, 7) is 6.28. The van der Waals surface area contributed by atoms with E-state index in [1.165, 1.54) is 5.56 Å². The first-order chi connectivity index (χ1) is 12.9. The van der Waals surface area contributed by atoms with Crippen LogP contribution in [-0.2, 0) is 21.6 Å². The Morgan fingerprint density at radius 1 is 1.15 bits per heavy atom. The van der Waals surface area contributed by atoms with Gasteiger partial charge in [0.1, 0.15) is 18.4 Å². The minimum Gasteiger partial charge on any atom is -0.482 e. The van der Waals surface area contributed by atoms with Gasteiger partial charge >= 0.3 is 5.97 Å². The number of esters is 1. The second kappa shape index (κ2) is 7.55. The van der Waals surface area contributed by atoms with Crippen molar-refractivity contribution in [1.82, 2.24) is 4.40 Å². The van der Waals surface area contributed by atoms with Crippen molar-refractivity contribution in [3.8, 4) is 11.8 Å². The molecule has 0 atom stereocenters. The van der Waals surface area contributed by atoms with E-state index in [0.29, 0.717) is 16.9 Å². The summed E-state index contributed by atoms with van der Waals surface area (Å²) in [5.41, 5.74) is 3.24. The molecule has 3 rings (SSSR count). The third-order valence-electron chi connectivity index (χ3n) is 4.34. The number of nitrogens with zero attached hydrogens (tertiary/aromatic N) is 2. The summed E-state index contributed by atoms with van der Waals surface area (Å²) in [6, 6.07) is 15.5. The summed E-state index contributed by atoms with van der Waals surface area (Å²) in [5.74, 6) is 0.140. The van der Waals surface area contributed by atoms with Crippen LogP contribution in [0.5, 0.6) is 5.75 Å². The minimum atomic E-state index is -0.478. The van der Waals surface area contributed by atoms with E-state index in [9.17, 15) is 10.1 Å². The highest BCUT2D eigenvalue weighted by atomic mass is 16.6. The lowest BCUT2D eigenvalue weighted by Crippen LogP contribution is -2.15. The molecule has 138 valence electrons. The molecular weight excluding hydrogens is 340 g/mol. The van der Waals surface area contributed by atoms with E-state index in [-0.39, 0.29) is 18.6 Å². The maximum Gasteiger partial charge on any atom is 0.344 e. The van der Waals surface area contributed by atoms with Gasteiger partial charge in [0.25, 0.3) is 0 Å². The lowest BCUT2D eigenvalue weighted by molar-refractivity contribution is -0.147.